The van der Waals surface area contributed by atoms with Crippen molar-refractivity contribution in [3.63, 3.8) is 0 Å². The summed E-state index contributed by atoms with van der Waals surface area (Å²) in [6.45, 7) is 13.4. The van der Waals surface area contributed by atoms with Gasteiger partial charge in [-0.3, -0.25) is 9.59 Å². The van der Waals surface area contributed by atoms with Gasteiger partial charge in [0, 0.05) is 18.8 Å². The minimum atomic E-state index is -0.565. The van der Waals surface area contributed by atoms with Crippen LogP contribution >= 0.6 is 0 Å². The van der Waals surface area contributed by atoms with Crippen molar-refractivity contribution in [2.75, 3.05) is 18.4 Å². The number of carbonyl (C=O) groups excluding carboxylic acids is 2. The molecule has 0 fully saturated rings. The number of nitrogens with zero attached hydrogens (tertiary/aromatic N) is 1. The Kier molecular flexibility index (Phi) is 6.60. The molecule has 0 atom stereocenters. The van der Waals surface area contributed by atoms with E-state index in [1.165, 1.54) is 0 Å². The topological polar surface area (TPSA) is 49.4 Å². The third kappa shape index (κ3) is 5.51. The van der Waals surface area contributed by atoms with E-state index in [2.05, 4.69) is 5.32 Å². The van der Waals surface area contributed by atoms with Crippen molar-refractivity contribution < 1.29 is 9.59 Å². The first-order chi connectivity index (χ1) is 10.2. The van der Waals surface area contributed by atoms with Crippen LogP contribution in [-0.4, -0.2) is 29.8 Å². The summed E-state index contributed by atoms with van der Waals surface area (Å²) >= 11 is 0. The van der Waals surface area contributed by atoms with Crippen LogP contribution in [0.5, 0.6) is 0 Å². The molecular weight excluding hydrogens is 276 g/mol. The molecule has 0 heterocycles. The minimum absolute atomic E-state index is 0.331. The largest absolute Gasteiger partial charge is 0.334 e. The maximum Gasteiger partial charge on any atom is 0.313 e. The van der Waals surface area contributed by atoms with Crippen LogP contribution in [0.1, 0.15) is 38.8 Å². The lowest BCUT2D eigenvalue weighted by Gasteiger charge is -2.25. The number of hydrogen-bond acceptors (Lipinski definition) is 2. The number of hydrogen-bond donors (Lipinski definition) is 1. The summed E-state index contributed by atoms with van der Waals surface area (Å²) in [4.78, 5) is 26.2. The molecule has 0 saturated carbocycles. The number of aryl methyl sites for hydroxylation is 2. The number of carbonyl (C=O) groups is 2. The van der Waals surface area contributed by atoms with Crippen molar-refractivity contribution in [1.29, 1.82) is 0 Å². The average Bonchev–Trinajstić information content (AvgIpc) is 2.40. The van der Waals surface area contributed by atoms with Crippen LogP contribution in [0.4, 0.5) is 5.69 Å². The summed E-state index contributed by atoms with van der Waals surface area (Å²) < 4.78 is 0. The number of rotatable bonds is 5. The minimum Gasteiger partial charge on any atom is -0.334 e. The summed E-state index contributed by atoms with van der Waals surface area (Å²) in [6, 6.07) is 5.65. The van der Waals surface area contributed by atoms with Crippen LogP contribution in [0, 0.1) is 25.7 Å². The zero-order valence-electron chi connectivity index (χ0n) is 14.6. The Morgan fingerprint density at radius 3 is 2.00 bits per heavy atom. The van der Waals surface area contributed by atoms with Gasteiger partial charge in [-0.15, -0.1) is 0 Å². The Labute approximate surface area is 133 Å². The predicted molar refractivity (Wildman–Crippen MR) is 90.8 cm³/mol. The molecule has 0 unspecified atom stereocenters. The monoisotopic (exact) mass is 304 g/mol. The summed E-state index contributed by atoms with van der Waals surface area (Å²) in [5.41, 5.74) is 2.91. The lowest BCUT2D eigenvalue weighted by molar-refractivity contribution is -0.143. The molecular formula is C18H28N2O2. The van der Waals surface area contributed by atoms with E-state index in [0.29, 0.717) is 30.6 Å². The van der Waals surface area contributed by atoms with Crippen molar-refractivity contribution >= 4 is 17.5 Å². The maximum atomic E-state index is 12.4. The first kappa shape index (κ1) is 18.2. The molecule has 0 aliphatic carbocycles. The van der Waals surface area contributed by atoms with E-state index in [1.807, 2.05) is 59.7 Å². The Morgan fingerprint density at radius 1 is 1.00 bits per heavy atom. The molecule has 1 rings (SSSR count). The zero-order chi connectivity index (χ0) is 16.9. The highest BCUT2D eigenvalue weighted by molar-refractivity contribution is 6.39. The summed E-state index contributed by atoms with van der Waals surface area (Å²) in [5.74, 6) is -0.362. The van der Waals surface area contributed by atoms with Crippen molar-refractivity contribution in [3.05, 3.63) is 29.3 Å². The first-order valence-corrected chi connectivity index (χ1v) is 7.88. The molecule has 2 amide bonds. The van der Waals surface area contributed by atoms with Gasteiger partial charge in [-0.1, -0.05) is 33.8 Å². The van der Waals surface area contributed by atoms with Crippen LogP contribution in [0.3, 0.4) is 0 Å². The van der Waals surface area contributed by atoms with E-state index in [-0.39, 0.29) is 0 Å². The van der Waals surface area contributed by atoms with Crippen molar-refractivity contribution in [2.45, 2.75) is 41.5 Å². The SMILES string of the molecule is Cc1ccc(NC(=O)C(=O)N(CC(C)C)CC(C)C)cc1C. The zero-order valence-corrected chi connectivity index (χ0v) is 14.6. The maximum absolute atomic E-state index is 12.4. The second-order valence-corrected chi connectivity index (χ2v) is 6.75. The van der Waals surface area contributed by atoms with Crippen LogP contribution in [0.2, 0.25) is 0 Å². The quantitative estimate of drug-likeness (QED) is 0.848. The van der Waals surface area contributed by atoms with E-state index < -0.39 is 11.8 Å². The van der Waals surface area contributed by atoms with E-state index in [4.69, 9.17) is 0 Å². The standard InChI is InChI=1S/C18H28N2O2/c1-12(2)10-20(11-13(3)4)18(22)17(21)19-16-8-7-14(5)15(6)9-16/h7-9,12-13H,10-11H2,1-6H3,(H,19,21). The van der Waals surface area contributed by atoms with Gasteiger partial charge in [0.05, 0.1) is 0 Å². The van der Waals surface area contributed by atoms with E-state index >= 15 is 0 Å². The molecule has 22 heavy (non-hydrogen) atoms. The van der Waals surface area contributed by atoms with E-state index in [0.717, 1.165) is 11.1 Å². The highest BCUT2D eigenvalue weighted by Gasteiger charge is 2.23. The van der Waals surface area contributed by atoms with Crippen LogP contribution < -0.4 is 5.32 Å². The summed E-state index contributed by atoms with van der Waals surface area (Å²) in [7, 11) is 0. The van der Waals surface area contributed by atoms with Gasteiger partial charge in [0.1, 0.15) is 0 Å². The Morgan fingerprint density at radius 2 is 1.55 bits per heavy atom. The molecule has 0 spiro atoms. The third-order valence-corrected chi connectivity index (χ3v) is 3.42. The number of nitrogens with one attached hydrogen (secondary N) is 1. The first-order valence-electron chi connectivity index (χ1n) is 7.88. The predicted octanol–water partition coefficient (Wildman–Crippen LogP) is 3.38. The Hall–Kier alpha value is -1.84. The second kappa shape index (κ2) is 7.97. The fourth-order valence-electron chi connectivity index (χ4n) is 2.27. The number of anilines is 1. The molecule has 1 N–H and O–H groups in total. The van der Waals surface area contributed by atoms with Gasteiger partial charge >= 0.3 is 11.8 Å². The highest BCUT2D eigenvalue weighted by atomic mass is 16.2. The third-order valence-electron chi connectivity index (χ3n) is 3.42. The van der Waals surface area contributed by atoms with Gasteiger partial charge in [0.25, 0.3) is 0 Å². The molecule has 0 radical (unpaired) electrons. The molecule has 1 aromatic carbocycles. The van der Waals surface area contributed by atoms with Gasteiger partial charge in [-0.25, -0.2) is 0 Å². The van der Waals surface area contributed by atoms with Gasteiger partial charge < -0.3 is 10.2 Å². The number of benzene rings is 1. The Balaban J connectivity index is 2.79. The summed E-state index contributed by atoms with van der Waals surface area (Å²) in [5, 5.41) is 2.71. The van der Waals surface area contributed by atoms with Gasteiger partial charge in [0.2, 0.25) is 0 Å². The fraction of sp³-hybridized carbons (Fsp3) is 0.556. The highest BCUT2D eigenvalue weighted by Crippen LogP contribution is 2.14. The van der Waals surface area contributed by atoms with Crippen LogP contribution in [-0.2, 0) is 9.59 Å². The molecule has 0 aromatic heterocycles. The van der Waals surface area contributed by atoms with Crippen LogP contribution in [0.25, 0.3) is 0 Å². The molecule has 4 nitrogen and oxygen atoms in total. The fourth-order valence-corrected chi connectivity index (χ4v) is 2.27. The average molecular weight is 304 g/mol. The molecule has 0 aliphatic rings. The molecule has 0 aliphatic heterocycles. The molecule has 0 saturated heterocycles. The Bertz CT molecular complexity index is 526. The number of amides is 2. The smallest absolute Gasteiger partial charge is 0.313 e. The van der Waals surface area contributed by atoms with Gasteiger partial charge in [-0.05, 0) is 48.9 Å². The molecule has 122 valence electrons. The van der Waals surface area contributed by atoms with Crippen LogP contribution in [0.15, 0.2) is 18.2 Å². The lowest BCUT2D eigenvalue weighted by Crippen LogP contribution is -2.43. The van der Waals surface area contributed by atoms with E-state index in [1.54, 1.807) is 4.90 Å². The summed E-state index contributed by atoms with van der Waals surface area (Å²) in [6.07, 6.45) is 0. The normalized spacial score (nSPS) is 10.9. The van der Waals surface area contributed by atoms with Crippen molar-refractivity contribution in [1.82, 2.24) is 4.90 Å². The van der Waals surface area contributed by atoms with Crippen molar-refractivity contribution in [2.24, 2.45) is 11.8 Å². The molecule has 1 aromatic rings. The molecule has 4 heteroatoms. The molecule has 0 bridgehead atoms. The second-order valence-electron chi connectivity index (χ2n) is 6.75. The van der Waals surface area contributed by atoms with Gasteiger partial charge in [0.15, 0.2) is 0 Å². The lowest BCUT2D eigenvalue weighted by atomic mass is 10.1. The van der Waals surface area contributed by atoms with E-state index in [9.17, 15) is 9.59 Å². The van der Waals surface area contributed by atoms with Gasteiger partial charge in [-0.2, -0.15) is 0 Å². The van der Waals surface area contributed by atoms with Crippen molar-refractivity contribution in [3.8, 4) is 0 Å².